The molecule has 0 bridgehead atoms. The number of Topliss-reactive ketones (excluding diaryl/α,β-unsaturated/α-hetero) is 1. The van der Waals surface area contributed by atoms with Crippen LogP contribution in [-0.2, 0) is 11.2 Å². The van der Waals surface area contributed by atoms with Gasteiger partial charge >= 0.3 is 0 Å². The van der Waals surface area contributed by atoms with E-state index in [-0.39, 0.29) is 5.78 Å². The van der Waals surface area contributed by atoms with Gasteiger partial charge in [0.05, 0.1) is 0 Å². The molecule has 0 saturated heterocycles. The molecule has 1 nitrogen and oxygen atoms in total. The summed E-state index contributed by atoms with van der Waals surface area (Å²) in [6, 6.07) is 14.4. The van der Waals surface area contributed by atoms with Gasteiger partial charge in [-0.25, -0.2) is 0 Å². The number of fused-ring (bicyclic) bond motifs is 1. The summed E-state index contributed by atoms with van der Waals surface area (Å²) >= 11 is 0. The van der Waals surface area contributed by atoms with Crippen LogP contribution in [0.5, 0.6) is 0 Å². The van der Waals surface area contributed by atoms with E-state index in [1.807, 2.05) is 18.2 Å². The van der Waals surface area contributed by atoms with Gasteiger partial charge in [-0.05, 0) is 42.2 Å². The maximum atomic E-state index is 12.2. The van der Waals surface area contributed by atoms with Crippen molar-refractivity contribution in [2.75, 3.05) is 0 Å². The van der Waals surface area contributed by atoms with Gasteiger partial charge in [0.25, 0.3) is 0 Å². The Bertz CT molecular complexity index is 693. The molecule has 1 aliphatic carbocycles. The van der Waals surface area contributed by atoms with Crippen LogP contribution < -0.4 is 0 Å². The Kier molecular flexibility index (Phi) is 2.83. The van der Waals surface area contributed by atoms with Gasteiger partial charge in [0.2, 0.25) is 0 Å². The second-order valence-electron chi connectivity index (χ2n) is 5.18. The highest BCUT2D eigenvalue weighted by Crippen LogP contribution is 2.32. The highest BCUT2D eigenvalue weighted by atomic mass is 16.1. The van der Waals surface area contributed by atoms with Crippen LogP contribution in [0.15, 0.2) is 42.5 Å². The molecule has 0 amide bonds. The van der Waals surface area contributed by atoms with Crippen LogP contribution in [0, 0.1) is 13.8 Å². The standard InChI is InChI=1S/C18H16O/c1-12-7-8-15-11-18(19)17(16(15)9-12)10-14-6-4-3-5-13(14)2/h3-10H,11H2,1-2H3/b17-10-. The minimum atomic E-state index is 0.226. The van der Waals surface area contributed by atoms with Gasteiger partial charge < -0.3 is 0 Å². The van der Waals surface area contributed by atoms with Crippen molar-refractivity contribution >= 4 is 17.4 Å². The average Bonchev–Trinajstić information content (AvgIpc) is 2.69. The number of benzene rings is 2. The molecule has 0 aliphatic heterocycles. The predicted octanol–water partition coefficient (Wildman–Crippen LogP) is 3.97. The molecule has 0 atom stereocenters. The zero-order valence-electron chi connectivity index (χ0n) is 11.2. The summed E-state index contributed by atoms with van der Waals surface area (Å²) in [4.78, 5) is 12.2. The summed E-state index contributed by atoms with van der Waals surface area (Å²) in [5.41, 5.74) is 6.63. The maximum Gasteiger partial charge on any atom is 0.167 e. The third-order valence-electron chi connectivity index (χ3n) is 3.70. The van der Waals surface area contributed by atoms with Crippen molar-refractivity contribution in [1.29, 1.82) is 0 Å². The number of ketones is 1. The molecule has 0 radical (unpaired) electrons. The van der Waals surface area contributed by atoms with Gasteiger partial charge in [-0.3, -0.25) is 4.79 Å². The molecule has 2 aromatic rings. The van der Waals surface area contributed by atoms with E-state index in [0.29, 0.717) is 6.42 Å². The molecule has 1 heteroatoms. The summed E-state index contributed by atoms with van der Waals surface area (Å²) in [7, 11) is 0. The van der Waals surface area contributed by atoms with E-state index in [0.717, 1.165) is 22.3 Å². The molecule has 0 N–H and O–H groups in total. The summed E-state index contributed by atoms with van der Waals surface area (Å²) < 4.78 is 0. The van der Waals surface area contributed by atoms with E-state index in [2.05, 4.69) is 44.2 Å². The minimum Gasteiger partial charge on any atom is -0.294 e. The number of aryl methyl sites for hydroxylation is 2. The van der Waals surface area contributed by atoms with E-state index in [1.165, 1.54) is 11.1 Å². The number of allylic oxidation sites excluding steroid dienone is 1. The van der Waals surface area contributed by atoms with Crippen LogP contribution in [0.1, 0.15) is 27.8 Å². The third kappa shape index (κ3) is 2.12. The lowest BCUT2D eigenvalue weighted by atomic mass is 10.0. The Morgan fingerprint density at radius 3 is 2.63 bits per heavy atom. The Balaban J connectivity index is 2.14. The van der Waals surface area contributed by atoms with Gasteiger partial charge in [0, 0.05) is 12.0 Å². The second-order valence-corrected chi connectivity index (χ2v) is 5.18. The van der Waals surface area contributed by atoms with Crippen LogP contribution in [0.4, 0.5) is 0 Å². The number of carbonyl (C=O) groups excluding carboxylic acids is 1. The molecule has 0 heterocycles. The van der Waals surface area contributed by atoms with Crippen LogP contribution in [0.3, 0.4) is 0 Å². The monoisotopic (exact) mass is 248 g/mol. The van der Waals surface area contributed by atoms with E-state index >= 15 is 0 Å². The smallest absolute Gasteiger partial charge is 0.167 e. The van der Waals surface area contributed by atoms with Crippen molar-refractivity contribution in [3.63, 3.8) is 0 Å². The predicted molar refractivity (Wildman–Crippen MR) is 78.9 cm³/mol. The van der Waals surface area contributed by atoms with Crippen molar-refractivity contribution in [2.24, 2.45) is 0 Å². The first-order valence-corrected chi connectivity index (χ1v) is 6.55. The van der Waals surface area contributed by atoms with Crippen LogP contribution in [-0.4, -0.2) is 5.78 Å². The zero-order valence-corrected chi connectivity index (χ0v) is 11.2. The molecular formula is C18H16O. The van der Waals surface area contributed by atoms with Gasteiger partial charge in [0.1, 0.15) is 0 Å². The summed E-state index contributed by atoms with van der Waals surface area (Å²) in [6.45, 7) is 4.14. The average molecular weight is 248 g/mol. The number of hydrogen-bond acceptors (Lipinski definition) is 1. The number of hydrogen-bond donors (Lipinski definition) is 0. The lowest BCUT2D eigenvalue weighted by molar-refractivity contribution is -0.112. The van der Waals surface area contributed by atoms with Crippen molar-refractivity contribution in [3.05, 3.63) is 70.3 Å². The zero-order chi connectivity index (χ0) is 13.4. The summed E-state index contributed by atoms with van der Waals surface area (Å²) in [5.74, 6) is 0.226. The number of carbonyl (C=O) groups is 1. The topological polar surface area (TPSA) is 17.1 Å². The van der Waals surface area contributed by atoms with Crippen molar-refractivity contribution in [1.82, 2.24) is 0 Å². The molecule has 94 valence electrons. The molecule has 0 saturated carbocycles. The Morgan fingerprint density at radius 2 is 1.84 bits per heavy atom. The Labute approximate surface area is 113 Å². The maximum absolute atomic E-state index is 12.2. The fraction of sp³-hybridized carbons (Fsp3) is 0.167. The Morgan fingerprint density at radius 1 is 1.05 bits per heavy atom. The lowest BCUT2D eigenvalue weighted by Gasteiger charge is -2.04. The third-order valence-corrected chi connectivity index (χ3v) is 3.70. The minimum absolute atomic E-state index is 0.226. The van der Waals surface area contributed by atoms with Crippen molar-refractivity contribution < 1.29 is 4.79 Å². The molecule has 19 heavy (non-hydrogen) atoms. The quantitative estimate of drug-likeness (QED) is 0.698. The van der Waals surface area contributed by atoms with E-state index < -0.39 is 0 Å². The van der Waals surface area contributed by atoms with Gasteiger partial charge in [-0.1, -0.05) is 48.0 Å². The molecule has 0 aromatic heterocycles. The highest BCUT2D eigenvalue weighted by Gasteiger charge is 2.24. The van der Waals surface area contributed by atoms with Crippen molar-refractivity contribution in [3.8, 4) is 0 Å². The molecule has 3 rings (SSSR count). The molecule has 0 unspecified atom stereocenters. The largest absolute Gasteiger partial charge is 0.294 e. The second kappa shape index (κ2) is 4.51. The fourth-order valence-electron chi connectivity index (χ4n) is 2.58. The van der Waals surface area contributed by atoms with E-state index in [4.69, 9.17) is 0 Å². The summed E-state index contributed by atoms with van der Waals surface area (Å²) in [5, 5.41) is 0. The molecule has 0 spiro atoms. The van der Waals surface area contributed by atoms with Crippen molar-refractivity contribution in [2.45, 2.75) is 20.3 Å². The van der Waals surface area contributed by atoms with Crippen LogP contribution in [0.2, 0.25) is 0 Å². The first-order chi connectivity index (χ1) is 9.15. The number of rotatable bonds is 1. The first-order valence-electron chi connectivity index (χ1n) is 6.55. The summed E-state index contributed by atoms with van der Waals surface area (Å²) in [6.07, 6.45) is 2.57. The van der Waals surface area contributed by atoms with Crippen LogP contribution in [0.25, 0.3) is 11.6 Å². The molecular weight excluding hydrogens is 232 g/mol. The van der Waals surface area contributed by atoms with Gasteiger partial charge in [0.15, 0.2) is 5.78 Å². The van der Waals surface area contributed by atoms with Crippen LogP contribution >= 0.6 is 0 Å². The van der Waals surface area contributed by atoms with Gasteiger partial charge in [-0.15, -0.1) is 0 Å². The Hall–Kier alpha value is -2.15. The molecule has 1 aliphatic rings. The lowest BCUT2D eigenvalue weighted by Crippen LogP contribution is -1.94. The fourth-order valence-corrected chi connectivity index (χ4v) is 2.58. The first kappa shape index (κ1) is 11.9. The SMILES string of the molecule is Cc1ccc2c(c1)/C(=C/c1ccccc1C)C(=O)C2. The van der Waals surface area contributed by atoms with E-state index in [9.17, 15) is 4.79 Å². The molecule has 0 fully saturated rings. The highest BCUT2D eigenvalue weighted by molar-refractivity contribution is 6.29. The van der Waals surface area contributed by atoms with E-state index in [1.54, 1.807) is 0 Å². The van der Waals surface area contributed by atoms with Gasteiger partial charge in [-0.2, -0.15) is 0 Å². The normalized spacial score (nSPS) is 15.9. The molecule has 2 aromatic carbocycles.